The molecule has 2 heterocycles. The number of hydrazone groups is 1. The second-order valence-corrected chi connectivity index (χ2v) is 13.6. The third-order valence-corrected chi connectivity index (χ3v) is 8.77. The molecule has 298 valence electrons. The number of carbonyl (C=O) groups excluding carboxylic acids is 5. The van der Waals surface area contributed by atoms with Crippen LogP contribution in [0, 0.1) is 0 Å². The number of allylic oxidation sites excluding steroid dienone is 1. The van der Waals surface area contributed by atoms with Crippen molar-refractivity contribution in [1.29, 1.82) is 0 Å². The van der Waals surface area contributed by atoms with Crippen LogP contribution in [0.4, 0.5) is 5.95 Å². The Morgan fingerprint density at radius 3 is 2.05 bits per heavy atom. The van der Waals surface area contributed by atoms with Gasteiger partial charge in [-0.3, -0.25) is 24.0 Å². The third-order valence-electron chi connectivity index (χ3n) is 8.27. The molecule has 0 spiro atoms. The number of hydrogen-bond acceptors (Lipinski definition) is 15. The van der Waals surface area contributed by atoms with Crippen LogP contribution in [0.25, 0.3) is 33.8 Å². The molecule has 0 bridgehead atoms. The summed E-state index contributed by atoms with van der Waals surface area (Å²) in [5, 5.41) is 5.18. The fraction of sp³-hybridized carbons (Fsp3) is 0.308. The number of benzene rings is 2. The first-order chi connectivity index (χ1) is 27.1. The summed E-state index contributed by atoms with van der Waals surface area (Å²) in [4.78, 5) is 89.7. The zero-order chi connectivity index (χ0) is 41.4. The van der Waals surface area contributed by atoms with E-state index in [9.17, 15) is 28.8 Å². The molecule has 18 heteroatoms. The highest BCUT2D eigenvalue weighted by molar-refractivity contribution is 6.31. The quantitative estimate of drug-likeness (QED) is 0.0780. The lowest BCUT2D eigenvalue weighted by Crippen LogP contribution is -2.48. The van der Waals surface area contributed by atoms with Crippen LogP contribution >= 0.6 is 23.2 Å². The maximum atomic E-state index is 14.5. The molecule has 4 aromatic rings. The van der Waals surface area contributed by atoms with Crippen molar-refractivity contribution < 1.29 is 47.8 Å². The van der Waals surface area contributed by atoms with Crippen molar-refractivity contribution in [3.05, 3.63) is 85.8 Å². The highest BCUT2D eigenvalue weighted by atomic mass is 35.5. The molecule has 3 atom stereocenters. The number of nitrogens with one attached hydrogen (secondary N) is 1. The van der Waals surface area contributed by atoms with E-state index in [4.69, 9.17) is 52.0 Å². The number of esters is 4. The number of hydrogen-bond donors (Lipinski definition) is 1. The minimum absolute atomic E-state index is 0.0284. The van der Waals surface area contributed by atoms with E-state index in [2.05, 4.69) is 15.5 Å². The van der Waals surface area contributed by atoms with Gasteiger partial charge in [0.05, 0.1) is 17.3 Å². The van der Waals surface area contributed by atoms with E-state index >= 15 is 0 Å². The molecule has 1 aliphatic rings. The number of halogens is 2. The van der Waals surface area contributed by atoms with Crippen molar-refractivity contribution >= 4 is 87.9 Å². The summed E-state index contributed by atoms with van der Waals surface area (Å²) in [7, 11) is 0. The summed E-state index contributed by atoms with van der Waals surface area (Å²) in [5.74, 6) is -4.58. The van der Waals surface area contributed by atoms with Gasteiger partial charge < -0.3 is 23.8 Å². The molecule has 0 unspecified atom stereocenters. The molecule has 16 nitrogen and oxygen atoms in total. The summed E-state index contributed by atoms with van der Waals surface area (Å²) in [6, 6.07) is 14.2. The van der Waals surface area contributed by atoms with Crippen LogP contribution in [0.5, 0.6) is 0 Å². The largest absolute Gasteiger partial charge is 0.462 e. The van der Waals surface area contributed by atoms with Crippen molar-refractivity contribution in [1.82, 2.24) is 14.7 Å². The standard InChI is InChI=1S/C39H37Cl2N5O11/c1-20(47)53-19-32(55-22(3)49)36(56-23(4)50)31(54-21(2)48)18-42-45-39-44-37-34(38(52)46(39)57-24(5)51)33(26-11-15-29(41)16-12-26)30-8-6-7-27(35(30)43-37)17-25-9-13-28(40)14-10-25/h9-18,31-32,36H,6-8,19H2,1-5H3,(H,43,44,45)/b27-17+,42-18+/t31-,32-,36+/m1/s1. The second-order valence-electron chi connectivity index (χ2n) is 12.7. The van der Waals surface area contributed by atoms with Crippen LogP contribution < -0.4 is 15.8 Å². The number of fused-ring (bicyclic) bond motifs is 2. The molecule has 0 radical (unpaired) electrons. The smallest absolute Gasteiger partial charge is 0.330 e. The van der Waals surface area contributed by atoms with Crippen molar-refractivity contribution in [3.63, 3.8) is 0 Å². The predicted octanol–water partition coefficient (Wildman–Crippen LogP) is 5.37. The molecule has 0 aliphatic heterocycles. The molecule has 57 heavy (non-hydrogen) atoms. The summed E-state index contributed by atoms with van der Waals surface area (Å²) in [6.45, 7) is 4.81. The molecule has 5 rings (SSSR count). The van der Waals surface area contributed by atoms with E-state index in [0.717, 1.165) is 64.0 Å². The van der Waals surface area contributed by atoms with Crippen LogP contribution in [0.3, 0.4) is 0 Å². The number of ether oxygens (including phenoxy) is 4. The summed E-state index contributed by atoms with van der Waals surface area (Å²) < 4.78 is 21.6. The second kappa shape index (κ2) is 18.7. The average Bonchev–Trinajstić information content (AvgIpc) is 3.13. The van der Waals surface area contributed by atoms with Gasteiger partial charge in [-0.05, 0) is 71.9 Å². The Balaban J connectivity index is 1.68. The Kier molecular flexibility index (Phi) is 13.8. The van der Waals surface area contributed by atoms with Crippen LogP contribution in [0.2, 0.25) is 10.0 Å². The zero-order valence-electron chi connectivity index (χ0n) is 31.4. The monoisotopic (exact) mass is 821 g/mol. The molecule has 0 saturated heterocycles. The Bertz CT molecular complexity index is 2330. The third kappa shape index (κ3) is 10.8. The maximum absolute atomic E-state index is 14.5. The van der Waals surface area contributed by atoms with E-state index < -0.39 is 66.3 Å². The number of anilines is 1. The lowest BCUT2D eigenvalue weighted by molar-refractivity contribution is -0.183. The molecule has 0 saturated carbocycles. The van der Waals surface area contributed by atoms with Gasteiger partial charge in [-0.1, -0.05) is 52.2 Å². The molecule has 0 amide bonds. The maximum Gasteiger partial charge on any atom is 0.330 e. The Morgan fingerprint density at radius 2 is 1.46 bits per heavy atom. The van der Waals surface area contributed by atoms with Crippen LogP contribution in [0.15, 0.2) is 58.4 Å². The highest BCUT2D eigenvalue weighted by Gasteiger charge is 2.37. The van der Waals surface area contributed by atoms with Crippen LogP contribution in [-0.4, -0.2) is 75.7 Å². The Morgan fingerprint density at radius 1 is 0.825 bits per heavy atom. The summed E-state index contributed by atoms with van der Waals surface area (Å²) in [6.07, 6.45) is 0.315. The molecule has 2 aromatic carbocycles. The SMILES string of the molecule is CC(=O)OC[C@@H](OC(C)=O)[C@@H](OC(C)=O)[C@@H](/C=N/Nc1nc2nc3c(c(-c4ccc(Cl)cc4)c2c(=O)n1OC(C)=O)CCC/C3=C\c1ccc(Cl)cc1)OC(C)=O. The lowest BCUT2D eigenvalue weighted by Gasteiger charge is -2.29. The predicted molar refractivity (Wildman–Crippen MR) is 209 cm³/mol. The van der Waals surface area contributed by atoms with Gasteiger partial charge in [0.1, 0.15) is 6.61 Å². The van der Waals surface area contributed by atoms with E-state index in [1.54, 1.807) is 36.4 Å². The Hall–Kier alpha value is -6.13. The molecule has 2 aromatic heterocycles. The minimum Gasteiger partial charge on any atom is -0.462 e. The molecule has 1 aliphatic carbocycles. The van der Waals surface area contributed by atoms with Gasteiger partial charge in [0.15, 0.2) is 24.0 Å². The zero-order valence-corrected chi connectivity index (χ0v) is 32.9. The fourth-order valence-electron chi connectivity index (χ4n) is 6.14. The first-order valence-electron chi connectivity index (χ1n) is 17.5. The number of nitrogens with zero attached hydrogens (tertiary/aromatic N) is 4. The van der Waals surface area contributed by atoms with Gasteiger partial charge in [0.25, 0.3) is 11.5 Å². The highest BCUT2D eigenvalue weighted by Crippen LogP contribution is 2.40. The van der Waals surface area contributed by atoms with Crippen molar-refractivity contribution in [2.75, 3.05) is 12.0 Å². The molecular formula is C39H37Cl2N5O11. The minimum atomic E-state index is -1.58. The average molecular weight is 823 g/mol. The normalized spacial score (nSPS) is 14.6. The lowest BCUT2D eigenvalue weighted by atomic mass is 9.84. The number of pyridine rings is 1. The van der Waals surface area contributed by atoms with Crippen LogP contribution in [-0.2, 0) is 49.3 Å². The molecular weight excluding hydrogens is 785 g/mol. The summed E-state index contributed by atoms with van der Waals surface area (Å²) in [5.41, 5.74) is 5.99. The van der Waals surface area contributed by atoms with E-state index in [1.807, 2.05) is 18.2 Å². The van der Waals surface area contributed by atoms with Gasteiger partial charge >= 0.3 is 29.8 Å². The number of rotatable bonds is 13. The molecule has 1 N–H and O–H groups in total. The number of carbonyl (C=O) groups is 5. The first-order valence-corrected chi connectivity index (χ1v) is 18.2. The van der Waals surface area contributed by atoms with Gasteiger partial charge in [-0.2, -0.15) is 10.1 Å². The molecule has 0 fully saturated rings. The summed E-state index contributed by atoms with van der Waals surface area (Å²) >= 11 is 12.4. The number of aromatic nitrogens is 3. The van der Waals surface area contributed by atoms with E-state index in [1.165, 1.54) is 0 Å². The topological polar surface area (TPSA) is 204 Å². The van der Waals surface area contributed by atoms with Crippen LogP contribution in [0.1, 0.15) is 64.3 Å². The first kappa shape index (κ1) is 42.0. The van der Waals surface area contributed by atoms with E-state index in [-0.39, 0.29) is 11.0 Å². The Labute approximate surface area is 335 Å². The van der Waals surface area contributed by atoms with Gasteiger partial charge in [-0.25, -0.2) is 15.2 Å². The van der Waals surface area contributed by atoms with Crippen molar-refractivity contribution in [2.45, 2.75) is 72.2 Å². The van der Waals surface area contributed by atoms with E-state index in [0.29, 0.717) is 44.4 Å². The van der Waals surface area contributed by atoms with Gasteiger partial charge in [0, 0.05) is 50.2 Å². The van der Waals surface area contributed by atoms with Crippen molar-refractivity contribution in [2.24, 2.45) is 5.10 Å². The van der Waals surface area contributed by atoms with Gasteiger partial charge in [-0.15, -0.1) is 0 Å². The van der Waals surface area contributed by atoms with Gasteiger partial charge in [0.2, 0.25) is 0 Å². The van der Waals surface area contributed by atoms with Crippen molar-refractivity contribution in [3.8, 4) is 11.1 Å². The fourth-order valence-corrected chi connectivity index (χ4v) is 6.39.